The van der Waals surface area contributed by atoms with E-state index in [1.54, 1.807) is 0 Å². The lowest BCUT2D eigenvalue weighted by molar-refractivity contribution is 0.579. The van der Waals surface area contributed by atoms with E-state index in [-0.39, 0.29) is 5.41 Å². The first-order valence-corrected chi connectivity index (χ1v) is 7.59. The first-order chi connectivity index (χ1) is 10.4. The van der Waals surface area contributed by atoms with Crippen molar-refractivity contribution >= 4 is 5.57 Å². The molecule has 1 aromatic rings. The van der Waals surface area contributed by atoms with E-state index in [1.165, 1.54) is 16.7 Å². The van der Waals surface area contributed by atoms with Gasteiger partial charge in [0.05, 0.1) is 0 Å². The lowest BCUT2D eigenvalue weighted by Crippen LogP contribution is -2.12. The van der Waals surface area contributed by atoms with Crippen LogP contribution in [0.2, 0.25) is 0 Å². The highest BCUT2D eigenvalue weighted by Gasteiger charge is 2.37. The Morgan fingerprint density at radius 3 is 2.32 bits per heavy atom. The Bertz CT molecular complexity index is 704. The van der Waals surface area contributed by atoms with Crippen LogP contribution in [0, 0.1) is 5.41 Å². The van der Waals surface area contributed by atoms with Crippen molar-refractivity contribution in [3.8, 4) is 0 Å². The molecule has 0 saturated carbocycles. The van der Waals surface area contributed by atoms with Crippen LogP contribution in [-0.2, 0) is 0 Å². The molecule has 0 heterocycles. The zero-order chi connectivity index (χ0) is 16.3. The Morgan fingerprint density at radius 2 is 1.77 bits per heavy atom. The molecule has 1 aliphatic carbocycles. The molecule has 0 aliphatic heterocycles. The Morgan fingerprint density at radius 1 is 1.14 bits per heavy atom. The Kier molecular flexibility index (Phi) is 4.51. The fourth-order valence-corrected chi connectivity index (χ4v) is 3.07. The molecule has 112 valence electrons. The molecule has 0 nitrogen and oxygen atoms in total. The molecular weight excluding hydrogens is 264 g/mol. The normalized spacial score (nSPS) is 19.2. The SMILES string of the molecule is C=CC1=C(/C=C\C)C(=C)/C(=C\C(=C)c2ccccc2)C1(C)C. The highest BCUT2D eigenvalue weighted by Crippen LogP contribution is 2.50. The van der Waals surface area contributed by atoms with E-state index < -0.39 is 0 Å². The van der Waals surface area contributed by atoms with Gasteiger partial charge in [0.2, 0.25) is 0 Å². The predicted octanol–water partition coefficient (Wildman–Crippen LogP) is 6.28. The average Bonchev–Trinajstić information content (AvgIpc) is 2.68. The molecule has 0 amide bonds. The molecule has 0 unspecified atom stereocenters. The van der Waals surface area contributed by atoms with Crippen LogP contribution < -0.4 is 0 Å². The minimum absolute atomic E-state index is 0.106. The number of rotatable bonds is 4. The smallest absolute Gasteiger partial charge is 0.0158 e. The average molecular weight is 288 g/mol. The van der Waals surface area contributed by atoms with E-state index in [2.05, 4.69) is 63.9 Å². The summed E-state index contributed by atoms with van der Waals surface area (Å²) in [6.07, 6.45) is 8.28. The van der Waals surface area contributed by atoms with E-state index in [4.69, 9.17) is 0 Å². The van der Waals surface area contributed by atoms with E-state index in [0.717, 1.165) is 16.7 Å². The molecule has 1 aromatic carbocycles. The van der Waals surface area contributed by atoms with Gasteiger partial charge in [-0.15, -0.1) is 0 Å². The van der Waals surface area contributed by atoms with Crippen LogP contribution in [0.25, 0.3) is 5.57 Å². The highest BCUT2D eigenvalue weighted by atomic mass is 14.4. The largest absolute Gasteiger partial charge is 0.0987 e. The maximum Gasteiger partial charge on any atom is 0.0158 e. The Balaban J connectivity index is 2.50. The van der Waals surface area contributed by atoms with Gasteiger partial charge in [-0.05, 0) is 40.4 Å². The molecule has 22 heavy (non-hydrogen) atoms. The molecule has 0 N–H and O–H groups in total. The van der Waals surface area contributed by atoms with Crippen molar-refractivity contribution < 1.29 is 0 Å². The maximum atomic E-state index is 4.31. The summed E-state index contributed by atoms with van der Waals surface area (Å²) >= 11 is 0. The molecule has 2 rings (SSSR count). The molecule has 1 aliphatic rings. The van der Waals surface area contributed by atoms with Crippen molar-refractivity contribution in [3.05, 3.63) is 102 Å². The molecule has 0 radical (unpaired) electrons. The molecule has 0 saturated heterocycles. The third-order valence-electron chi connectivity index (χ3n) is 4.29. The van der Waals surface area contributed by atoms with Gasteiger partial charge in [0, 0.05) is 5.41 Å². The fraction of sp³-hybridized carbons (Fsp3) is 0.182. The topological polar surface area (TPSA) is 0 Å². The number of benzene rings is 1. The van der Waals surface area contributed by atoms with Gasteiger partial charge in [-0.3, -0.25) is 0 Å². The minimum Gasteiger partial charge on any atom is -0.0987 e. The summed E-state index contributed by atoms with van der Waals surface area (Å²) in [7, 11) is 0. The van der Waals surface area contributed by atoms with Crippen LogP contribution in [0.15, 0.2) is 96.7 Å². The second-order valence-electron chi connectivity index (χ2n) is 6.08. The van der Waals surface area contributed by atoms with Crippen LogP contribution >= 0.6 is 0 Å². The zero-order valence-electron chi connectivity index (χ0n) is 13.8. The van der Waals surface area contributed by atoms with Crippen molar-refractivity contribution in [2.45, 2.75) is 20.8 Å². The molecule has 0 spiro atoms. The van der Waals surface area contributed by atoms with Crippen molar-refractivity contribution in [3.63, 3.8) is 0 Å². The van der Waals surface area contributed by atoms with Crippen LogP contribution in [0.1, 0.15) is 26.3 Å². The van der Waals surface area contributed by atoms with Gasteiger partial charge in [0.15, 0.2) is 0 Å². The summed E-state index contributed by atoms with van der Waals surface area (Å²) in [4.78, 5) is 0. The second kappa shape index (κ2) is 6.19. The third-order valence-corrected chi connectivity index (χ3v) is 4.29. The monoisotopic (exact) mass is 288 g/mol. The predicted molar refractivity (Wildman–Crippen MR) is 98.5 cm³/mol. The van der Waals surface area contributed by atoms with E-state index in [0.29, 0.717) is 0 Å². The summed E-state index contributed by atoms with van der Waals surface area (Å²) in [6.45, 7) is 19.0. The summed E-state index contributed by atoms with van der Waals surface area (Å²) in [5.41, 5.74) is 6.72. The first kappa shape index (κ1) is 16.0. The molecule has 0 aromatic heterocycles. The lowest BCUT2D eigenvalue weighted by Gasteiger charge is -2.23. The van der Waals surface area contributed by atoms with Gasteiger partial charge in [0.1, 0.15) is 0 Å². The van der Waals surface area contributed by atoms with Gasteiger partial charge in [0.25, 0.3) is 0 Å². The minimum atomic E-state index is -0.106. The molecule has 0 heteroatoms. The van der Waals surface area contributed by atoms with Gasteiger partial charge in [-0.2, -0.15) is 0 Å². The van der Waals surface area contributed by atoms with Crippen molar-refractivity contribution in [2.75, 3.05) is 0 Å². The first-order valence-electron chi connectivity index (χ1n) is 7.59. The summed E-state index contributed by atoms with van der Waals surface area (Å²) in [5.74, 6) is 0. The molecular formula is C22H24. The van der Waals surface area contributed by atoms with Crippen molar-refractivity contribution in [1.29, 1.82) is 0 Å². The summed E-state index contributed by atoms with van der Waals surface area (Å²) in [5, 5.41) is 0. The van der Waals surface area contributed by atoms with Crippen LogP contribution in [0.4, 0.5) is 0 Å². The summed E-state index contributed by atoms with van der Waals surface area (Å²) in [6, 6.07) is 10.3. The quantitative estimate of drug-likeness (QED) is 0.611. The number of hydrogen-bond acceptors (Lipinski definition) is 0. The molecule has 0 atom stereocenters. The Hall–Kier alpha value is -2.34. The van der Waals surface area contributed by atoms with Gasteiger partial charge in [-0.1, -0.05) is 88.2 Å². The van der Waals surface area contributed by atoms with Gasteiger partial charge in [-0.25, -0.2) is 0 Å². The molecule has 0 bridgehead atoms. The van der Waals surface area contributed by atoms with Crippen molar-refractivity contribution in [1.82, 2.24) is 0 Å². The van der Waals surface area contributed by atoms with Crippen molar-refractivity contribution in [2.24, 2.45) is 5.41 Å². The number of allylic oxidation sites excluding steroid dienone is 9. The van der Waals surface area contributed by atoms with Crippen LogP contribution in [-0.4, -0.2) is 0 Å². The van der Waals surface area contributed by atoms with E-state index in [9.17, 15) is 0 Å². The second-order valence-corrected chi connectivity index (χ2v) is 6.08. The van der Waals surface area contributed by atoms with E-state index in [1.807, 2.05) is 31.2 Å². The standard InChI is InChI=1S/C22H24/c1-7-12-19-17(4)21(22(5,6)20(19)8-2)15-16(3)18-13-10-9-11-14-18/h7-15H,2-4H2,1,5-6H3/b12-7-,21-15+. The van der Waals surface area contributed by atoms with Crippen LogP contribution in [0.5, 0.6) is 0 Å². The zero-order valence-corrected chi connectivity index (χ0v) is 13.8. The van der Waals surface area contributed by atoms with Gasteiger partial charge >= 0.3 is 0 Å². The van der Waals surface area contributed by atoms with Gasteiger partial charge < -0.3 is 0 Å². The van der Waals surface area contributed by atoms with Crippen LogP contribution in [0.3, 0.4) is 0 Å². The Labute approximate surface area is 134 Å². The maximum absolute atomic E-state index is 4.31. The fourth-order valence-electron chi connectivity index (χ4n) is 3.07. The van der Waals surface area contributed by atoms with E-state index >= 15 is 0 Å². The molecule has 0 fully saturated rings. The highest BCUT2D eigenvalue weighted by molar-refractivity contribution is 5.78. The number of hydrogen-bond donors (Lipinski definition) is 0. The summed E-state index contributed by atoms with van der Waals surface area (Å²) < 4.78 is 0. The third kappa shape index (κ3) is 2.69. The lowest BCUT2D eigenvalue weighted by atomic mass is 9.80.